The second-order valence-electron chi connectivity index (χ2n) is 5.73. The highest BCUT2D eigenvalue weighted by atomic mass is 16.2. The number of nitrogens with zero attached hydrogens (tertiary/aromatic N) is 2. The second kappa shape index (κ2) is 7.38. The number of benzene rings is 1. The highest BCUT2D eigenvalue weighted by molar-refractivity contribution is 5.97. The van der Waals surface area contributed by atoms with E-state index in [0.717, 1.165) is 25.2 Å². The minimum atomic E-state index is -0.479. The lowest BCUT2D eigenvalue weighted by molar-refractivity contribution is -0.127. The minimum absolute atomic E-state index is 0.236. The van der Waals surface area contributed by atoms with Crippen molar-refractivity contribution in [1.29, 1.82) is 0 Å². The van der Waals surface area contributed by atoms with E-state index in [1.807, 2.05) is 30.3 Å². The van der Waals surface area contributed by atoms with Crippen molar-refractivity contribution in [2.45, 2.75) is 19.0 Å². The van der Waals surface area contributed by atoms with Gasteiger partial charge >= 0.3 is 6.03 Å². The lowest BCUT2D eigenvalue weighted by Gasteiger charge is -2.42. The van der Waals surface area contributed by atoms with Crippen LogP contribution in [0.15, 0.2) is 30.3 Å². The van der Waals surface area contributed by atoms with Crippen molar-refractivity contribution in [3.8, 4) is 0 Å². The summed E-state index contributed by atoms with van der Waals surface area (Å²) in [5.74, 6) is -0.290. The summed E-state index contributed by atoms with van der Waals surface area (Å²) in [5.41, 5.74) is 0.903. The summed E-state index contributed by atoms with van der Waals surface area (Å²) in [7, 11) is 3.58. The van der Waals surface area contributed by atoms with Gasteiger partial charge in [-0.2, -0.15) is 0 Å². The van der Waals surface area contributed by atoms with Crippen LogP contribution in [0.25, 0.3) is 0 Å². The molecule has 6 heteroatoms. The van der Waals surface area contributed by atoms with E-state index in [-0.39, 0.29) is 11.9 Å². The molecule has 3 amide bonds. The number of piperazine rings is 1. The Kier molecular flexibility index (Phi) is 5.51. The molecule has 0 spiro atoms. The third-order valence-corrected chi connectivity index (χ3v) is 4.04. The summed E-state index contributed by atoms with van der Waals surface area (Å²) in [6, 6.07) is 8.91. The van der Waals surface area contributed by atoms with E-state index in [4.69, 9.17) is 0 Å². The van der Waals surface area contributed by atoms with Crippen molar-refractivity contribution in [2.75, 3.05) is 33.7 Å². The molecule has 1 aromatic rings. The Morgan fingerprint density at radius 3 is 2.50 bits per heavy atom. The van der Waals surface area contributed by atoms with Crippen LogP contribution in [0.3, 0.4) is 0 Å². The molecule has 6 nitrogen and oxygen atoms in total. The lowest BCUT2D eigenvalue weighted by atomic mass is 10.0. The molecule has 1 aliphatic rings. The van der Waals surface area contributed by atoms with Crippen LogP contribution in [0.1, 0.15) is 18.5 Å². The lowest BCUT2D eigenvalue weighted by Crippen LogP contribution is -2.55. The van der Waals surface area contributed by atoms with Crippen LogP contribution in [-0.4, -0.2) is 61.5 Å². The zero-order valence-electron chi connectivity index (χ0n) is 13.4. The number of amides is 3. The van der Waals surface area contributed by atoms with Crippen LogP contribution in [0, 0.1) is 0 Å². The van der Waals surface area contributed by atoms with Gasteiger partial charge in [0.2, 0.25) is 5.91 Å². The van der Waals surface area contributed by atoms with E-state index in [9.17, 15) is 9.59 Å². The predicted molar refractivity (Wildman–Crippen MR) is 85.4 cm³/mol. The molecular formula is C16H24N4O2. The van der Waals surface area contributed by atoms with Crippen molar-refractivity contribution in [3.05, 3.63) is 35.9 Å². The molecule has 2 N–H and O–H groups in total. The number of rotatable bonds is 3. The van der Waals surface area contributed by atoms with Crippen LogP contribution in [-0.2, 0) is 4.79 Å². The molecule has 22 heavy (non-hydrogen) atoms. The van der Waals surface area contributed by atoms with Gasteiger partial charge in [-0.1, -0.05) is 30.3 Å². The molecule has 0 unspecified atom stereocenters. The Morgan fingerprint density at radius 1 is 1.23 bits per heavy atom. The van der Waals surface area contributed by atoms with Crippen molar-refractivity contribution in [1.82, 2.24) is 20.4 Å². The molecule has 2 atom stereocenters. The summed E-state index contributed by atoms with van der Waals surface area (Å²) in [4.78, 5) is 28.5. The molecule has 0 saturated carbocycles. The molecule has 120 valence electrons. The van der Waals surface area contributed by atoms with Gasteiger partial charge in [0.1, 0.15) is 6.04 Å². The fourth-order valence-electron chi connectivity index (χ4n) is 2.91. The number of nitrogens with one attached hydrogen (secondary N) is 2. The summed E-state index contributed by atoms with van der Waals surface area (Å²) < 4.78 is 0. The van der Waals surface area contributed by atoms with Gasteiger partial charge in [-0.25, -0.2) is 4.79 Å². The molecule has 0 radical (unpaired) electrons. The zero-order valence-corrected chi connectivity index (χ0v) is 13.4. The van der Waals surface area contributed by atoms with Crippen LogP contribution < -0.4 is 10.6 Å². The zero-order chi connectivity index (χ0) is 16.1. The molecule has 1 aliphatic heterocycles. The maximum atomic E-state index is 12.6. The predicted octanol–water partition coefficient (Wildman–Crippen LogP) is 0.819. The molecule has 0 aromatic heterocycles. The number of likely N-dealkylation sites (N-methyl/N-ethyl adjacent to an activating group) is 1. The Bertz CT molecular complexity index is 520. The number of imide groups is 1. The van der Waals surface area contributed by atoms with Gasteiger partial charge in [0.25, 0.3) is 0 Å². The summed E-state index contributed by atoms with van der Waals surface area (Å²) in [6.07, 6.45) is 0. The number of carbonyl (C=O) groups is 2. The van der Waals surface area contributed by atoms with Crippen molar-refractivity contribution in [3.63, 3.8) is 0 Å². The van der Waals surface area contributed by atoms with Gasteiger partial charge < -0.3 is 10.2 Å². The van der Waals surface area contributed by atoms with Crippen molar-refractivity contribution in [2.24, 2.45) is 0 Å². The first-order chi connectivity index (χ1) is 10.5. The first kappa shape index (κ1) is 16.5. The Hall–Kier alpha value is -1.92. The number of carbonyl (C=O) groups excluding carboxylic acids is 2. The smallest absolute Gasteiger partial charge is 0.321 e. The number of hydrogen-bond acceptors (Lipinski definition) is 4. The Morgan fingerprint density at radius 2 is 1.91 bits per heavy atom. The van der Waals surface area contributed by atoms with E-state index in [2.05, 4.69) is 34.4 Å². The SMILES string of the molecule is CNC(=O)NC(=O)[C@H](c1ccccc1)N1CCN(C)C[C@H]1C. The summed E-state index contributed by atoms with van der Waals surface area (Å²) in [6.45, 7) is 4.70. The third kappa shape index (κ3) is 3.84. The quantitative estimate of drug-likeness (QED) is 0.868. The Balaban J connectivity index is 2.25. The molecule has 0 aliphatic carbocycles. The van der Waals surface area contributed by atoms with E-state index >= 15 is 0 Å². The topological polar surface area (TPSA) is 64.7 Å². The first-order valence-corrected chi connectivity index (χ1v) is 7.54. The maximum Gasteiger partial charge on any atom is 0.321 e. The normalized spacial score (nSPS) is 21.1. The molecule has 1 saturated heterocycles. The van der Waals surface area contributed by atoms with Gasteiger partial charge in [0, 0.05) is 32.7 Å². The van der Waals surface area contributed by atoms with E-state index in [1.54, 1.807) is 0 Å². The average molecular weight is 304 g/mol. The highest BCUT2D eigenvalue weighted by Gasteiger charge is 2.34. The van der Waals surface area contributed by atoms with E-state index < -0.39 is 12.1 Å². The molecule has 0 bridgehead atoms. The van der Waals surface area contributed by atoms with Crippen molar-refractivity contribution >= 4 is 11.9 Å². The fraction of sp³-hybridized carbons (Fsp3) is 0.500. The fourth-order valence-corrected chi connectivity index (χ4v) is 2.91. The van der Waals surface area contributed by atoms with Crippen LogP contribution in [0.5, 0.6) is 0 Å². The molecular weight excluding hydrogens is 280 g/mol. The van der Waals surface area contributed by atoms with Gasteiger partial charge in [-0.05, 0) is 19.5 Å². The first-order valence-electron chi connectivity index (χ1n) is 7.54. The van der Waals surface area contributed by atoms with Gasteiger partial charge in [0.15, 0.2) is 0 Å². The number of hydrogen-bond donors (Lipinski definition) is 2. The van der Waals surface area contributed by atoms with Gasteiger partial charge in [-0.3, -0.25) is 15.0 Å². The molecule has 1 fully saturated rings. The average Bonchev–Trinajstić information content (AvgIpc) is 2.50. The Labute approximate surface area is 131 Å². The third-order valence-electron chi connectivity index (χ3n) is 4.04. The highest BCUT2D eigenvalue weighted by Crippen LogP contribution is 2.25. The summed E-state index contributed by atoms with van der Waals surface area (Å²) >= 11 is 0. The number of urea groups is 1. The van der Waals surface area contributed by atoms with Crippen LogP contribution in [0.2, 0.25) is 0 Å². The van der Waals surface area contributed by atoms with E-state index in [1.165, 1.54) is 7.05 Å². The monoisotopic (exact) mass is 304 g/mol. The molecule has 1 aromatic carbocycles. The van der Waals surface area contributed by atoms with Crippen LogP contribution >= 0.6 is 0 Å². The minimum Gasteiger partial charge on any atom is -0.341 e. The summed E-state index contributed by atoms with van der Waals surface area (Å²) in [5, 5.41) is 4.84. The molecule has 1 heterocycles. The standard InChI is InChI=1S/C16H24N4O2/c1-12-11-19(3)9-10-20(12)14(13-7-5-4-6-8-13)15(21)18-16(22)17-2/h4-8,12,14H,9-11H2,1-3H3,(H2,17,18,21,22)/t12-,14+/m1/s1. The molecule has 2 rings (SSSR count). The van der Waals surface area contributed by atoms with Gasteiger partial charge in [-0.15, -0.1) is 0 Å². The van der Waals surface area contributed by atoms with E-state index in [0.29, 0.717) is 0 Å². The van der Waals surface area contributed by atoms with Gasteiger partial charge in [0.05, 0.1) is 0 Å². The maximum absolute atomic E-state index is 12.6. The second-order valence-corrected chi connectivity index (χ2v) is 5.73. The van der Waals surface area contributed by atoms with Crippen molar-refractivity contribution < 1.29 is 9.59 Å². The van der Waals surface area contributed by atoms with Crippen LogP contribution in [0.4, 0.5) is 4.79 Å². The largest absolute Gasteiger partial charge is 0.341 e.